The third kappa shape index (κ3) is 3.42. The molecule has 0 saturated carbocycles. The molecule has 0 aliphatic carbocycles. The van der Waals surface area contributed by atoms with Gasteiger partial charge in [0, 0.05) is 29.7 Å². The van der Waals surface area contributed by atoms with E-state index in [0.29, 0.717) is 0 Å². The van der Waals surface area contributed by atoms with Crippen LogP contribution in [0.1, 0.15) is 23.0 Å². The number of rotatable bonds is 4. The molecular weight excluding hydrogens is 309 g/mol. The van der Waals surface area contributed by atoms with Crippen molar-refractivity contribution in [1.29, 1.82) is 0 Å². The summed E-state index contributed by atoms with van der Waals surface area (Å²) in [5.41, 5.74) is 3.04. The summed E-state index contributed by atoms with van der Waals surface area (Å²) in [5.74, 6) is -0.231. The quantitative estimate of drug-likeness (QED) is 0.935. The van der Waals surface area contributed by atoms with Gasteiger partial charge in [0.1, 0.15) is 5.82 Å². The van der Waals surface area contributed by atoms with Crippen LogP contribution < -0.4 is 5.32 Å². The average molecular weight is 326 g/mol. The van der Waals surface area contributed by atoms with Crippen LogP contribution >= 0.6 is 15.9 Å². The number of aromatic nitrogens is 2. The molecule has 2 aromatic rings. The summed E-state index contributed by atoms with van der Waals surface area (Å²) in [6.07, 6.45) is 0.768. The van der Waals surface area contributed by atoms with Crippen LogP contribution in [0.5, 0.6) is 0 Å². The van der Waals surface area contributed by atoms with Crippen LogP contribution in [0.25, 0.3) is 0 Å². The Kier molecular flexibility index (Phi) is 4.37. The highest BCUT2D eigenvalue weighted by atomic mass is 79.9. The minimum Gasteiger partial charge on any atom is -0.313 e. The van der Waals surface area contributed by atoms with Crippen molar-refractivity contribution in [2.24, 2.45) is 7.05 Å². The second-order valence-electron chi connectivity index (χ2n) is 4.65. The van der Waals surface area contributed by atoms with E-state index in [1.165, 1.54) is 6.07 Å². The van der Waals surface area contributed by atoms with Crippen molar-refractivity contribution in [3.8, 4) is 0 Å². The van der Waals surface area contributed by atoms with Gasteiger partial charge in [-0.25, -0.2) is 4.39 Å². The van der Waals surface area contributed by atoms with Gasteiger partial charge in [-0.15, -0.1) is 0 Å². The Bertz CT molecular complexity index is 560. The highest BCUT2D eigenvalue weighted by molar-refractivity contribution is 9.10. The molecule has 0 spiro atoms. The fourth-order valence-corrected chi connectivity index (χ4v) is 2.71. The highest BCUT2D eigenvalue weighted by Crippen LogP contribution is 2.23. The van der Waals surface area contributed by atoms with Crippen molar-refractivity contribution in [3.63, 3.8) is 0 Å². The monoisotopic (exact) mass is 325 g/mol. The van der Waals surface area contributed by atoms with Crippen molar-refractivity contribution in [3.05, 3.63) is 51.5 Å². The van der Waals surface area contributed by atoms with E-state index in [0.717, 1.165) is 27.8 Å². The van der Waals surface area contributed by atoms with Gasteiger partial charge < -0.3 is 5.32 Å². The molecule has 0 amide bonds. The molecule has 5 heteroatoms. The first-order valence-electron chi connectivity index (χ1n) is 6.12. The SMILES string of the molecule is CNC(Cc1cc(C)nn1C)c1cc(F)cc(Br)c1. The summed E-state index contributed by atoms with van der Waals surface area (Å²) >= 11 is 3.33. The molecule has 1 atom stereocenters. The smallest absolute Gasteiger partial charge is 0.124 e. The molecule has 1 aromatic carbocycles. The van der Waals surface area contributed by atoms with E-state index < -0.39 is 0 Å². The number of aryl methyl sites for hydroxylation is 2. The molecule has 3 nitrogen and oxygen atoms in total. The maximum Gasteiger partial charge on any atom is 0.124 e. The van der Waals surface area contributed by atoms with Crippen molar-refractivity contribution in [1.82, 2.24) is 15.1 Å². The van der Waals surface area contributed by atoms with Gasteiger partial charge in [0.05, 0.1) is 5.69 Å². The summed E-state index contributed by atoms with van der Waals surface area (Å²) < 4.78 is 16.1. The van der Waals surface area contributed by atoms with Crippen LogP contribution in [0, 0.1) is 12.7 Å². The van der Waals surface area contributed by atoms with E-state index >= 15 is 0 Å². The molecule has 102 valence electrons. The first-order valence-corrected chi connectivity index (χ1v) is 6.91. The molecule has 1 unspecified atom stereocenters. The molecule has 0 bridgehead atoms. The number of halogens is 2. The van der Waals surface area contributed by atoms with Gasteiger partial charge in [0.15, 0.2) is 0 Å². The second kappa shape index (κ2) is 5.84. The van der Waals surface area contributed by atoms with Gasteiger partial charge in [-0.1, -0.05) is 15.9 Å². The maximum atomic E-state index is 13.5. The van der Waals surface area contributed by atoms with Crippen molar-refractivity contribution < 1.29 is 4.39 Å². The van der Waals surface area contributed by atoms with Gasteiger partial charge >= 0.3 is 0 Å². The molecule has 0 saturated heterocycles. The Morgan fingerprint density at radius 3 is 2.63 bits per heavy atom. The normalized spacial score (nSPS) is 12.7. The lowest BCUT2D eigenvalue weighted by Crippen LogP contribution is -2.20. The lowest BCUT2D eigenvalue weighted by Gasteiger charge is -2.17. The van der Waals surface area contributed by atoms with Crippen LogP contribution in [0.3, 0.4) is 0 Å². The Labute approximate surface area is 121 Å². The van der Waals surface area contributed by atoms with Crippen LogP contribution in [-0.4, -0.2) is 16.8 Å². The minimum atomic E-state index is -0.231. The lowest BCUT2D eigenvalue weighted by atomic mass is 10.0. The standard InChI is InChI=1S/C14H17BrFN3/c1-9-4-13(19(3)18-9)8-14(17-2)10-5-11(15)7-12(16)6-10/h4-7,14,17H,8H2,1-3H3. The van der Waals surface area contributed by atoms with Gasteiger partial charge in [-0.05, 0) is 43.8 Å². The Morgan fingerprint density at radius 2 is 2.11 bits per heavy atom. The molecule has 0 fully saturated rings. The van der Waals surface area contributed by atoms with E-state index in [2.05, 4.69) is 32.4 Å². The summed E-state index contributed by atoms with van der Waals surface area (Å²) in [5, 5.41) is 7.56. The van der Waals surface area contributed by atoms with E-state index in [1.54, 1.807) is 6.07 Å². The molecule has 0 radical (unpaired) electrons. The zero-order valence-corrected chi connectivity index (χ0v) is 12.8. The first-order chi connectivity index (χ1) is 8.99. The van der Waals surface area contributed by atoms with Crippen LogP contribution in [-0.2, 0) is 13.5 Å². The molecule has 1 N–H and O–H groups in total. The first kappa shape index (κ1) is 14.2. The zero-order valence-electron chi connectivity index (χ0n) is 11.2. The molecular formula is C14H17BrFN3. The third-order valence-electron chi connectivity index (χ3n) is 3.15. The van der Waals surface area contributed by atoms with Crippen molar-refractivity contribution in [2.75, 3.05) is 7.05 Å². The van der Waals surface area contributed by atoms with Crippen LogP contribution in [0.2, 0.25) is 0 Å². The predicted molar refractivity (Wildman–Crippen MR) is 77.5 cm³/mol. The van der Waals surface area contributed by atoms with Gasteiger partial charge in [-0.2, -0.15) is 5.10 Å². The molecule has 0 aliphatic rings. The van der Waals surface area contributed by atoms with Gasteiger partial charge in [-0.3, -0.25) is 4.68 Å². The number of likely N-dealkylation sites (N-methyl/N-ethyl adjacent to an activating group) is 1. The summed E-state index contributed by atoms with van der Waals surface area (Å²) in [4.78, 5) is 0. The van der Waals surface area contributed by atoms with E-state index in [-0.39, 0.29) is 11.9 Å². The Morgan fingerprint density at radius 1 is 1.37 bits per heavy atom. The van der Waals surface area contributed by atoms with Crippen LogP contribution in [0.4, 0.5) is 4.39 Å². The number of nitrogens with one attached hydrogen (secondary N) is 1. The summed E-state index contributed by atoms with van der Waals surface area (Å²) in [7, 11) is 3.81. The molecule has 1 heterocycles. The van der Waals surface area contributed by atoms with Crippen molar-refractivity contribution in [2.45, 2.75) is 19.4 Å². The Balaban J connectivity index is 2.27. The van der Waals surface area contributed by atoms with E-state index in [1.807, 2.05) is 31.8 Å². The number of benzene rings is 1. The largest absolute Gasteiger partial charge is 0.313 e. The lowest BCUT2D eigenvalue weighted by molar-refractivity contribution is 0.553. The van der Waals surface area contributed by atoms with E-state index in [4.69, 9.17) is 0 Å². The second-order valence-corrected chi connectivity index (χ2v) is 5.56. The molecule has 0 aliphatic heterocycles. The van der Waals surface area contributed by atoms with Crippen molar-refractivity contribution >= 4 is 15.9 Å². The van der Waals surface area contributed by atoms with E-state index in [9.17, 15) is 4.39 Å². The maximum absolute atomic E-state index is 13.5. The fourth-order valence-electron chi connectivity index (χ4n) is 2.23. The summed E-state index contributed by atoms with van der Waals surface area (Å²) in [6.45, 7) is 1.97. The van der Waals surface area contributed by atoms with Crippen LogP contribution in [0.15, 0.2) is 28.7 Å². The third-order valence-corrected chi connectivity index (χ3v) is 3.61. The highest BCUT2D eigenvalue weighted by Gasteiger charge is 2.14. The van der Waals surface area contributed by atoms with Gasteiger partial charge in [0.2, 0.25) is 0 Å². The number of nitrogens with zero attached hydrogens (tertiary/aromatic N) is 2. The minimum absolute atomic E-state index is 0.0572. The molecule has 1 aromatic heterocycles. The fraction of sp³-hybridized carbons (Fsp3) is 0.357. The van der Waals surface area contributed by atoms with Gasteiger partial charge in [0.25, 0.3) is 0 Å². The Hall–Kier alpha value is -1.20. The molecule has 2 rings (SSSR count). The average Bonchev–Trinajstić information content (AvgIpc) is 2.63. The number of hydrogen-bond acceptors (Lipinski definition) is 2. The number of hydrogen-bond donors (Lipinski definition) is 1. The summed E-state index contributed by atoms with van der Waals surface area (Å²) in [6, 6.07) is 7.08. The predicted octanol–water partition coefficient (Wildman–Crippen LogP) is 3.13. The zero-order chi connectivity index (χ0) is 14.0. The topological polar surface area (TPSA) is 29.9 Å². The molecule has 19 heavy (non-hydrogen) atoms.